The topological polar surface area (TPSA) is 57.7 Å². The normalized spacial score (nSPS) is 10.3. The number of nitrogens with zero attached hydrogens (tertiary/aromatic N) is 1. The van der Waals surface area contributed by atoms with E-state index in [4.69, 9.17) is 14.2 Å². The Labute approximate surface area is 136 Å². The number of methoxy groups -OCH3 is 1. The van der Waals surface area contributed by atoms with Crippen molar-refractivity contribution in [2.75, 3.05) is 20.5 Å². The van der Waals surface area contributed by atoms with Crippen molar-refractivity contribution in [2.45, 2.75) is 19.8 Å². The molecule has 0 spiro atoms. The van der Waals surface area contributed by atoms with Crippen LogP contribution in [0.5, 0.6) is 11.5 Å². The van der Waals surface area contributed by atoms with Gasteiger partial charge in [0.05, 0.1) is 18.4 Å². The summed E-state index contributed by atoms with van der Waals surface area (Å²) in [4.78, 5) is 15.4. The average molecular weight is 315 g/mol. The van der Waals surface area contributed by atoms with Crippen LogP contribution in [0.15, 0.2) is 36.5 Å². The van der Waals surface area contributed by atoms with Gasteiger partial charge >= 0.3 is 0 Å². The summed E-state index contributed by atoms with van der Waals surface area (Å²) in [6.45, 7) is 2.69. The highest BCUT2D eigenvalue weighted by Gasteiger charge is 2.06. The number of hydrogen-bond donors (Lipinski definition) is 0. The van der Waals surface area contributed by atoms with Crippen LogP contribution in [-0.4, -0.2) is 31.8 Å². The Morgan fingerprint density at radius 2 is 2.00 bits per heavy atom. The lowest BCUT2D eigenvalue weighted by molar-refractivity contribution is 0.0505. The lowest BCUT2D eigenvalue weighted by atomic mass is 10.1. The lowest BCUT2D eigenvalue weighted by Crippen LogP contribution is -2.03. The van der Waals surface area contributed by atoms with Crippen molar-refractivity contribution in [1.82, 2.24) is 4.98 Å². The van der Waals surface area contributed by atoms with Crippen molar-refractivity contribution in [3.05, 3.63) is 53.3 Å². The van der Waals surface area contributed by atoms with Crippen molar-refractivity contribution in [2.24, 2.45) is 0 Å². The number of benzene rings is 1. The van der Waals surface area contributed by atoms with Crippen LogP contribution in [-0.2, 0) is 17.6 Å². The predicted octanol–water partition coefficient (Wildman–Crippen LogP) is 3.06. The van der Waals surface area contributed by atoms with Gasteiger partial charge in [-0.25, -0.2) is 0 Å². The molecule has 0 radical (unpaired) electrons. The fourth-order valence-electron chi connectivity index (χ4n) is 2.16. The molecule has 23 heavy (non-hydrogen) atoms. The first kappa shape index (κ1) is 17.0. The predicted molar refractivity (Wildman–Crippen MR) is 87.1 cm³/mol. The molecule has 122 valence electrons. The fraction of sp³-hybridized carbons (Fsp3) is 0.333. The van der Waals surface area contributed by atoms with Gasteiger partial charge in [0.15, 0.2) is 13.1 Å². The minimum absolute atomic E-state index is 0.116. The van der Waals surface area contributed by atoms with Gasteiger partial charge in [0.2, 0.25) is 0 Å². The summed E-state index contributed by atoms with van der Waals surface area (Å²) in [6, 6.07) is 9.45. The van der Waals surface area contributed by atoms with Gasteiger partial charge in [-0.1, -0.05) is 6.07 Å². The lowest BCUT2D eigenvalue weighted by Gasteiger charge is -2.10. The van der Waals surface area contributed by atoms with Gasteiger partial charge in [-0.05, 0) is 49.6 Å². The molecular formula is C18H21NO4. The van der Waals surface area contributed by atoms with E-state index >= 15 is 0 Å². The first-order valence-electron chi connectivity index (χ1n) is 7.54. The second kappa shape index (κ2) is 8.90. The maximum absolute atomic E-state index is 11.0. The molecule has 0 bridgehead atoms. The van der Waals surface area contributed by atoms with Crippen molar-refractivity contribution < 1.29 is 19.0 Å². The molecule has 0 fully saturated rings. The molecule has 1 aromatic carbocycles. The van der Waals surface area contributed by atoms with Crippen LogP contribution in [0.25, 0.3) is 0 Å². The molecule has 0 aliphatic carbocycles. The highest BCUT2D eigenvalue weighted by Crippen LogP contribution is 2.20. The van der Waals surface area contributed by atoms with Gasteiger partial charge < -0.3 is 14.2 Å². The first-order valence-corrected chi connectivity index (χ1v) is 7.54. The minimum Gasteiger partial charge on any atom is -0.492 e. The number of pyridine rings is 1. The monoisotopic (exact) mass is 315 g/mol. The average Bonchev–Trinajstić information content (AvgIpc) is 2.59. The number of rotatable bonds is 9. The van der Waals surface area contributed by atoms with Crippen LogP contribution in [0.1, 0.15) is 28.5 Å². The van der Waals surface area contributed by atoms with Crippen LogP contribution in [0.3, 0.4) is 0 Å². The number of aryl methyl sites for hydroxylation is 2. The zero-order chi connectivity index (χ0) is 16.5. The summed E-state index contributed by atoms with van der Waals surface area (Å²) in [5.74, 6) is 1.32. The molecule has 2 aromatic rings. The number of hydrogen-bond acceptors (Lipinski definition) is 5. The Morgan fingerprint density at radius 1 is 1.13 bits per heavy atom. The summed E-state index contributed by atoms with van der Waals surface area (Å²) in [7, 11) is 1.54. The van der Waals surface area contributed by atoms with Crippen LogP contribution in [0.2, 0.25) is 0 Å². The number of carbonyl (C=O) groups is 1. The van der Waals surface area contributed by atoms with Gasteiger partial charge in [0, 0.05) is 12.8 Å². The maximum atomic E-state index is 11.0. The van der Waals surface area contributed by atoms with Gasteiger partial charge in [-0.2, -0.15) is 0 Å². The molecule has 5 nitrogen and oxygen atoms in total. The molecule has 0 saturated heterocycles. The van der Waals surface area contributed by atoms with E-state index < -0.39 is 0 Å². The van der Waals surface area contributed by atoms with Gasteiger partial charge in [-0.3, -0.25) is 9.78 Å². The van der Waals surface area contributed by atoms with E-state index in [9.17, 15) is 4.79 Å². The Morgan fingerprint density at radius 3 is 2.65 bits per heavy atom. The molecule has 1 heterocycles. The molecule has 0 aliphatic rings. The standard InChI is InChI=1S/C18H21NO4/c1-3-22-17-9-8-16(19-11-17)7-5-14-4-6-15(12-20)18(10-14)23-13-21-2/h4,6,8-12H,3,5,7,13H2,1-2H3. The Bertz CT molecular complexity index is 625. The van der Waals surface area contributed by atoms with E-state index in [0.717, 1.165) is 36.1 Å². The quantitative estimate of drug-likeness (QED) is 0.526. The number of aldehydes is 1. The van der Waals surface area contributed by atoms with Gasteiger partial charge in [-0.15, -0.1) is 0 Å². The second-order valence-electron chi connectivity index (χ2n) is 4.96. The summed E-state index contributed by atoms with van der Waals surface area (Å²) in [5, 5.41) is 0. The zero-order valence-corrected chi connectivity index (χ0v) is 13.5. The number of aromatic nitrogens is 1. The first-order chi connectivity index (χ1) is 11.3. The summed E-state index contributed by atoms with van der Waals surface area (Å²) >= 11 is 0. The molecule has 0 atom stereocenters. The molecule has 0 aliphatic heterocycles. The van der Waals surface area contributed by atoms with Crippen molar-refractivity contribution in [3.63, 3.8) is 0 Å². The SMILES string of the molecule is CCOc1ccc(CCc2ccc(C=O)c(OCOC)c2)nc1. The third-order valence-electron chi connectivity index (χ3n) is 3.32. The Kier molecular flexibility index (Phi) is 6.56. The van der Waals surface area contributed by atoms with Crippen LogP contribution < -0.4 is 9.47 Å². The van der Waals surface area contributed by atoms with Crippen LogP contribution in [0.4, 0.5) is 0 Å². The third-order valence-corrected chi connectivity index (χ3v) is 3.32. The molecule has 0 saturated carbocycles. The maximum Gasteiger partial charge on any atom is 0.188 e. The molecule has 1 aromatic heterocycles. The number of ether oxygens (including phenoxy) is 3. The zero-order valence-electron chi connectivity index (χ0n) is 13.5. The largest absolute Gasteiger partial charge is 0.492 e. The van der Waals surface area contributed by atoms with Crippen LogP contribution >= 0.6 is 0 Å². The van der Waals surface area contributed by atoms with Crippen molar-refractivity contribution in [1.29, 1.82) is 0 Å². The van der Waals surface area contributed by atoms with E-state index in [0.29, 0.717) is 17.9 Å². The molecular weight excluding hydrogens is 294 g/mol. The third kappa shape index (κ3) is 5.07. The van der Waals surface area contributed by atoms with E-state index in [-0.39, 0.29) is 6.79 Å². The smallest absolute Gasteiger partial charge is 0.188 e. The summed E-state index contributed by atoms with van der Waals surface area (Å²) < 4.78 is 15.7. The van der Waals surface area contributed by atoms with Crippen LogP contribution in [0, 0.1) is 0 Å². The van der Waals surface area contributed by atoms with E-state index in [1.165, 1.54) is 0 Å². The summed E-state index contributed by atoms with van der Waals surface area (Å²) in [5.41, 5.74) is 2.59. The van der Waals surface area contributed by atoms with Gasteiger partial charge in [0.1, 0.15) is 11.5 Å². The molecule has 5 heteroatoms. The molecule has 0 N–H and O–H groups in total. The van der Waals surface area contributed by atoms with Gasteiger partial charge in [0.25, 0.3) is 0 Å². The highest BCUT2D eigenvalue weighted by atomic mass is 16.7. The van der Waals surface area contributed by atoms with E-state index in [2.05, 4.69) is 4.98 Å². The second-order valence-corrected chi connectivity index (χ2v) is 4.96. The van der Waals surface area contributed by atoms with E-state index in [1.807, 2.05) is 31.2 Å². The Balaban J connectivity index is 2.00. The fourth-order valence-corrected chi connectivity index (χ4v) is 2.16. The van der Waals surface area contributed by atoms with Crippen molar-refractivity contribution >= 4 is 6.29 Å². The number of carbonyl (C=O) groups excluding carboxylic acids is 1. The highest BCUT2D eigenvalue weighted by molar-refractivity contribution is 5.79. The van der Waals surface area contributed by atoms with E-state index in [1.54, 1.807) is 19.4 Å². The minimum atomic E-state index is 0.116. The van der Waals surface area contributed by atoms with Crippen molar-refractivity contribution in [3.8, 4) is 11.5 Å². The summed E-state index contributed by atoms with van der Waals surface area (Å²) in [6.07, 6.45) is 4.13. The molecule has 2 rings (SSSR count). The molecule has 0 amide bonds. The Hall–Kier alpha value is -2.40. The molecule has 0 unspecified atom stereocenters.